The lowest BCUT2D eigenvalue weighted by molar-refractivity contribution is -0.113. The van der Waals surface area contributed by atoms with Crippen molar-refractivity contribution in [2.24, 2.45) is 0 Å². The molecule has 5 nitrogen and oxygen atoms in total. The van der Waals surface area contributed by atoms with Crippen molar-refractivity contribution < 1.29 is 9.53 Å². The van der Waals surface area contributed by atoms with Gasteiger partial charge in [-0.15, -0.1) is 10.2 Å². The van der Waals surface area contributed by atoms with Crippen LogP contribution in [0.2, 0.25) is 0 Å². The highest BCUT2D eigenvalue weighted by Crippen LogP contribution is 2.22. The highest BCUT2D eigenvalue weighted by Gasteiger charge is 2.07. The van der Waals surface area contributed by atoms with Crippen LogP contribution in [0.15, 0.2) is 65.7 Å². The van der Waals surface area contributed by atoms with Gasteiger partial charge in [0, 0.05) is 11.3 Å². The highest BCUT2D eigenvalue weighted by atomic mass is 32.2. The third kappa shape index (κ3) is 5.56. The maximum absolute atomic E-state index is 12.1. The van der Waals surface area contributed by atoms with Crippen LogP contribution in [-0.4, -0.2) is 28.5 Å². The van der Waals surface area contributed by atoms with Gasteiger partial charge in [-0.3, -0.25) is 4.79 Å². The Morgan fingerprint density at radius 2 is 1.89 bits per heavy atom. The van der Waals surface area contributed by atoms with Crippen molar-refractivity contribution in [2.75, 3.05) is 17.7 Å². The van der Waals surface area contributed by atoms with E-state index in [4.69, 9.17) is 4.74 Å². The number of rotatable bonds is 7. The Hall–Kier alpha value is -2.86. The van der Waals surface area contributed by atoms with Crippen LogP contribution in [0.3, 0.4) is 0 Å². The first-order valence-electron chi connectivity index (χ1n) is 8.70. The van der Waals surface area contributed by atoms with Gasteiger partial charge in [0.05, 0.1) is 18.1 Å². The van der Waals surface area contributed by atoms with Crippen molar-refractivity contribution in [3.63, 3.8) is 0 Å². The maximum Gasteiger partial charge on any atom is 0.234 e. The normalized spacial score (nSPS) is 10.4. The third-order valence-corrected chi connectivity index (χ3v) is 4.67. The van der Waals surface area contributed by atoms with Crippen molar-refractivity contribution in [1.82, 2.24) is 10.2 Å². The molecule has 1 heterocycles. The second-order valence-corrected chi connectivity index (χ2v) is 6.92. The summed E-state index contributed by atoms with van der Waals surface area (Å²) in [5.74, 6) is 1.05. The Morgan fingerprint density at radius 3 is 2.56 bits per heavy atom. The summed E-state index contributed by atoms with van der Waals surface area (Å²) in [4.78, 5) is 12.1. The zero-order chi connectivity index (χ0) is 19.1. The molecular formula is C21H21N3O2S. The number of benzene rings is 2. The van der Waals surface area contributed by atoms with Gasteiger partial charge in [0.1, 0.15) is 10.8 Å². The first-order chi connectivity index (χ1) is 13.1. The first-order valence-corrected chi connectivity index (χ1v) is 9.69. The summed E-state index contributed by atoms with van der Waals surface area (Å²) in [5.41, 5.74) is 3.67. The van der Waals surface area contributed by atoms with Crippen molar-refractivity contribution in [3.05, 3.63) is 66.2 Å². The molecule has 6 heteroatoms. The average molecular weight is 379 g/mol. The number of thioether (sulfide) groups is 1. The Balaban J connectivity index is 1.55. The summed E-state index contributed by atoms with van der Waals surface area (Å²) in [6, 6.07) is 19.3. The Bertz CT molecular complexity index is 896. The molecule has 0 spiro atoms. The molecule has 3 aromatic rings. The number of nitrogens with one attached hydrogen (secondary N) is 1. The average Bonchev–Trinajstić information content (AvgIpc) is 2.68. The summed E-state index contributed by atoms with van der Waals surface area (Å²) >= 11 is 1.36. The van der Waals surface area contributed by atoms with E-state index in [1.54, 1.807) is 0 Å². The molecule has 0 radical (unpaired) electrons. The molecule has 1 amide bonds. The minimum absolute atomic E-state index is 0.0667. The lowest BCUT2D eigenvalue weighted by Gasteiger charge is -2.06. The molecular weight excluding hydrogens is 358 g/mol. The number of carbonyl (C=O) groups excluding carboxylic acids is 1. The quantitative estimate of drug-likeness (QED) is 0.609. The lowest BCUT2D eigenvalue weighted by atomic mass is 10.1. The number of hydrogen-bond acceptors (Lipinski definition) is 5. The summed E-state index contributed by atoms with van der Waals surface area (Å²) < 4.78 is 5.44. The largest absolute Gasteiger partial charge is 0.494 e. The Labute approximate surface area is 163 Å². The minimum atomic E-state index is -0.0667. The molecule has 2 aromatic carbocycles. The van der Waals surface area contributed by atoms with E-state index >= 15 is 0 Å². The SMILES string of the molecule is CCOc1ccc(-c2ccc(SCC(=O)Nc3cccc(C)c3)nn2)cc1. The molecule has 0 aliphatic carbocycles. The van der Waals surface area contributed by atoms with Crippen molar-refractivity contribution in [2.45, 2.75) is 18.9 Å². The first kappa shape index (κ1) is 18.9. The van der Waals surface area contributed by atoms with Gasteiger partial charge in [-0.1, -0.05) is 23.9 Å². The number of amides is 1. The summed E-state index contributed by atoms with van der Waals surface area (Å²) in [5, 5.41) is 12.1. The van der Waals surface area contributed by atoms with E-state index in [-0.39, 0.29) is 11.7 Å². The maximum atomic E-state index is 12.1. The molecule has 0 fully saturated rings. The summed E-state index contributed by atoms with van der Waals surface area (Å²) in [7, 11) is 0. The molecule has 0 saturated carbocycles. The van der Waals surface area contributed by atoms with Crippen LogP contribution in [0.1, 0.15) is 12.5 Å². The smallest absolute Gasteiger partial charge is 0.234 e. The van der Waals surface area contributed by atoms with E-state index < -0.39 is 0 Å². The van der Waals surface area contributed by atoms with Crippen LogP contribution < -0.4 is 10.1 Å². The van der Waals surface area contributed by atoms with E-state index in [0.717, 1.165) is 28.3 Å². The van der Waals surface area contributed by atoms with Crippen LogP contribution in [-0.2, 0) is 4.79 Å². The van der Waals surface area contributed by atoms with Crippen molar-refractivity contribution in [1.29, 1.82) is 0 Å². The predicted molar refractivity (Wildman–Crippen MR) is 109 cm³/mol. The van der Waals surface area contributed by atoms with Gasteiger partial charge in [0.15, 0.2) is 0 Å². The van der Waals surface area contributed by atoms with E-state index in [9.17, 15) is 4.79 Å². The second-order valence-electron chi connectivity index (χ2n) is 5.92. The molecule has 0 unspecified atom stereocenters. The van der Waals surface area contributed by atoms with Gasteiger partial charge in [-0.05, 0) is 67.9 Å². The second kappa shape index (κ2) is 9.19. The fourth-order valence-corrected chi connectivity index (χ4v) is 3.11. The molecule has 1 N–H and O–H groups in total. The van der Waals surface area contributed by atoms with Crippen LogP contribution >= 0.6 is 11.8 Å². The lowest BCUT2D eigenvalue weighted by Crippen LogP contribution is -2.14. The van der Waals surface area contributed by atoms with E-state index in [1.807, 2.05) is 74.5 Å². The van der Waals surface area contributed by atoms with Gasteiger partial charge >= 0.3 is 0 Å². The molecule has 0 saturated heterocycles. The number of aromatic nitrogens is 2. The van der Waals surface area contributed by atoms with Crippen LogP contribution in [0.4, 0.5) is 5.69 Å². The Morgan fingerprint density at radius 1 is 1.07 bits per heavy atom. The number of nitrogens with zero attached hydrogens (tertiary/aromatic N) is 2. The zero-order valence-corrected chi connectivity index (χ0v) is 16.1. The fraction of sp³-hybridized carbons (Fsp3) is 0.190. The third-order valence-electron chi connectivity index (χ3n) is 3.75. The van der Waals surface area contributed by atoms with Gasteiger partial charge < -0.3 is 10.1 Å². The van der Waals surface area contributed by atoms with E-state index in [2.05, 4.69) is 15.5 Å². The molecule has 0 atom stereocenters. The van der Waals surface area contributed by atoms with Gasteiger partial charge in [-0.25, -0.2) is 0 Å². The number of aryl methyl sites for hydroxylation is 1. The molecule has 138 valence electrons. The van der Waals surface area contributed by atoms with E-state index in [0.29, 0.717) is 11.6 Å². The molecule has 1 aromatic heterocycles. The van der Waals surface area contributed by atoms with E-state index in [1.165, 1.54) is 11.8 Å². The van der Waals surface area contributed by atoms with Crippen LogP contribution in [0, 0.1) is 6.92 Å². The van der Waals surface area contributed by atoms with Crippen molar-refractivity contribution in [3.8, 4) is 17.0 Å². The van der Waals surface area contributed by atoms with Gasteiger partial charge in [0.25, 0.3) is 0 Å². The topological polar surface area (TPSA) is 64.1 Å². The number of ether oxygens (including phenoxy) is 1. The fourth-order valence-electron chi connectivity index (χ4n) is 2.50. The van der Waals surface area contributed by atoms with Gasteiger partial charge in [0.2, 0.25) is 5.91 Å². The number of anilines is 1. The molecule has 0 aliphatic rings. The molecule has 3 rings (SSSR count). The summed E-state index contributed by atoms with van der Waals surface area (Å²) in [6.07, 6.45) is 0. The number of hydrogen-bond donors (Lipinski definition) is 1. The summed E-state index contributed by atoms with van der Waals surface area (Å²) in [6.45, 7) is 4.59. The highest BCUT2D eigenvalue weighted by molar-refractivity contribution is 7.99. The predicted octanol–water partition coefficient (Wildman–Crippen LogP) is 4.58. The molecule has 0 aliphatic heterocycles. The molecule has 0 bridgehead atoms. The standard InChI is InChI=1S/C21H21N3O2S/c1-3-26-18-9-7-16(8-10-18)19-11-12-21(24-23-19)27-14-20(25)22-17-6-4-5-15(2)13-17/h4-13H,3,14H2,1-2H3,(H,22,25). The Kier molecular flexibility index (Phi) is 6.44. The van der Waals surface area contributed by atoms with Crippen LogP contribution in [0.5, 0.6) is 5.75 Å². The van der Waals surface area contributed by atoms with Crippen molar-refractivity contribution >= 4 is 23.4 Å². The number of carbonyl (C=O) groups is 1. The zero-order valence-electron chi connectivity index (χ0n) is 15.3. The van der Waals surface area contributed by atoms with Crippen LogP contribution in [0.25, 0.3) is 11.3 Å². The monoisotopic (exact) mass is 379 g/mol. The molecule has 27 heavy (non-hydrogen) atoms. The van der Waals surface area contributed by atoms with Gasteiger partial charge in [-0.2, -0.15) is 0 Å². The minimum Gasteiger partial charge on any atom is -0.494 e.